The molecule has 0 bridgehead atoms. The maximum Gasteiger partial charge on any atom is 0.242 e. The van der Waals surface area contributed by atoms with Crippen molar-refractivity contribution in [2.75, 3.05) is 25.5 Å². The van der Waals surface area contributed by atoms with Crippen LogP contribution in [-0.4, -0.2) is 42.9 Å². The number of ether oxygens (including phenoxy) is 1. The van der Waals surface area contributed by atoms with Crippen molar-refractivity contribution in [2.24, 2.45) is 0 Å². The van der Waals surface area contributed by atoms with Crippen molar-refractivity contribution in [1.82, 2.24) is 10.2 Å². The largest absolute Gasteiger partial charge is 0.457 e. The maximum absolute atomic E-state index is 12.1. The highest BCUT2D eigenvalue weighted by Crippen LogP contribution is 2.24. The van der Waals surface area contributed by atoms with Crippen LogP contribution in [0.3, 0.4) is 0 Å². The van der Waals surface area contributed by atoms with Crippen LogP contribution in [0.5, 0.6) is 11.5 Å². The molecule has 3 rings (SSSR count). The van der Waals surface area contributed by atoms with Crippen LogP contribution < -0.4 is 15.4 Å². The van der Waals surface area contributed by atoms with Crippen molar-refractivity contribution >= 4 is 33.4 Å². The zero-order chi connectivity index (χ0) is 19.2. The van der Waals surface area contributed by atoms with Gasteiger partial charge in [-0.1, -0.05) is 15.9 Å². The van der Waals surface area contributed by atoms with Crippen LogP contribution in [0.25, 0.3) is 0 Å². The second kappa shape index (κ2) is 8.90. The number of amides is 2. The Morgan fingerprint density at radius 2 is 1.67 bits per heavy atom. The third-order valence-corrected chi connectivity index (χ3v) is 4.63. The first-order chi connectivity index (χ1) is 13.0. The number of nitrogens with one attached hydrogen (secondary N) is 2. The fraction of sp³-hybridized carbons (Fsp3) is 0.300. The van der Waals surface area contributed by atoms with Crippen LogP contribution in [-0.2, 0) is 9.59 Å². The highest BCUT2D eigenvalue weighted by Gasteiger charge is 2.24. The van der Waals surface area contributed by atoms with E-state index >= 15 is 0 Å². The Bertz CT molecular complexity index is 789. The number of carbonyl (C=O) groups is 2. The first-order valence-corrected chi connectivity index (χ1v) is 9.59. The Balaban J connectivity index is 1.44. The maximum atomic E-state index is 12.1. The lowest BCUT2D eigenvalue weighted by molar-refractivity contribution is -0.133. The molecule has 1 fully saturated rings. The molecule has 1 saturated carbocycles. The van der Waals surface area contributed by atoms with Gasteiger partial charge in [0.05, 0.1) is 13.1 Å². The number of anilines is 1. The molecule has 0 atom stereocenters. The molecule has 142 valence electrons. The molecule has 2 amide bonds. The van der Waals surface area contributed by atoms with E-state index in [9.17, 15) is 9.59 Å². The van der Waals surface area contributed by atoms with Crippen LogP contribution in [0, 0.1) is 0 Å². The van der Waals surface area contributed by atoms with E-state index in [1.807, 2.05) is 48.5 Å². The third kappa shape index (κ3) is 6.29. The molecule has 0 saturated heterocycles. The number of likely N-dealkylation sites (N-methyl/N-ethyl adjacent to an activating group) is 1. The minimum absolute atomic E-state index is 0.0803. The molecule has 0 aliphatic heterocycles. The van der Waals surface area contributed by atoms with Gasteiger partial charge in [-0.15, -0.1) is 0 Å². The van der Waals surface area contributed by atoms with Gasteiger partial charge in [0.2, 0.25) is 11.8 Å². The Morgan fingerprint density at radius 3 is 2.26 bits per heavy atom. The van der Waals surface area contributed by atoms with E-state index in [-0.39, 0.29) is 24.9 Å². The zero-order valence-electron chi connectivity index (χ0n) is 15.1. The van der Waals surface area contributed by atoms with Crippen molar-refractivity contribution in [3.05, 3.63) is 53.0 Å². The Hall–Kier alpha value is -2.54. The van der Waals surface area contributed by atoms with Crippen LogP contribution in [0.4, 0.5) is 5.69 Å². The summed E-state index contributed by atoms with van der Waals surface area (Å²) in [5, 5.41) is 5.94. The van der Waals surface area contributed by atoms with Crippen LogP contribution >= 0.6 is 15.9 Å². The van der Waals surface area contributed by atoms with E-state index in [1.54, 1.807) is 7.05 Å². The molecule has 7 heteroatoms. The zero-order valence-corrected chi connectivity index (χ0v) is 16.7. The van der Waals surface area contributed by atoms with Gasteiger partial charge in [0.25, 0.3) is 0 Å². The fourth-order valence-corrected chi connectivity index (χ4v) is 2.66. The summed E-state index contributed by atoms with van der Waals surface area (Å²) in [4.78, 5) is 25.3. The molecule has 0 radical (unpaired) electrons. The van der Waals surface area contributed by atoms with Crippen LogP contribution in [0.1, 0.15) is 12.8 Å². The lowest BCUT2D eigenvalue weighted by Crippen LogP contribution is -2.41. The van der Waals surface area contributed by atoms with Gasteiger partial charge in [-0.05, 0) is 61.4 Å². The topological polar surface area (TPSA) is 70.7 Å². The molecule has 0 unspecified atom stereocenters. The summed E-state index contributed by atoms with van der Waals surface area (Å²) in [5.74, 6) is 1.21. The lowest BCUT2D eigenvalue weighted by Gasteiger charge is -2.17. The first kappa shape index (κ1) is 19.2. The number of benzene rings is 2. The number of halogens is 1. The minimum Gasteiger partial charge on any atom is -0.457 e. The number of carbonyl (C=O) groups excluding carboxylic acids is 2. The molecule has 2 N–H and O–H groups in total. The normalized spacial score (nSPS) is 13.0. The Labute approximate surface area is 167 Å². The Morgan fingerprint density at radius 1 is 1.07 bits per heavy atom. The quantitative estimate of drug-likeness (QED) is 0.671. The van der Waals surface area contributed by atoms with Gasteiger partial charge in [-0.2, -0.15) is 0 Å². The van der Waals surface area contributed by atoms with Gasteiger partial charge in [-0.3, -0.25) is 9.59 Å². The van der Waals surface area contributed by atoms with Gasteiger partial charge in [0.15, 0.2) is 0 Å². The highest BCUT2D eigenvalue weighted by atomic mass is 79.9. The predicted molar refractivity (Wildman–Crippen MR) is 108 cm³/mol. The van der Waals surface area contributed by atoms with Gasteiger partial charge < -0.3 is 20.3 Å². The molecule has 0 heterocycles. The molecule has 6 nitrogen and oxygen atoms in total. The number of rotatable bonds is 8. The van der Waals surface area contributed by atoms with Gasteiger partial charge >= 0.3 is 0 Å². The highest BCUT2D eigenvalue weighted by molar-refractivity contribution is 9.10. The summed E-state index contributed by atoms with van der Waals surface area (Å²) in [7, 11) is 1.63. The second-order valence-corrected chi connectivity index (χ2v) is 7.44. The average Bonchev–Trinajstić information content (AvgIpc) is 3.46. The van der Waals surface area contributed by atoms with Gasteiger partial charge in [0, 0.05) is 23.2 Å². The summed E-state index contributed by atoms with van der Waals surface area (Å²) in [5.41, 5.74) is 0.808. The third-order valence-electron chi connectivity index (χ3n) is 4.10. The molecule has 0 spiro atoms. The molecular weight excluding hydrogens is 410 g/mol. The van der Waals surface area contributed by atoms with Crippen molar-refractivity contribution in [3.8, 4) is 11.5 Å². The van der Waals surface area contributed by atoms with Crippen molar-refractivity contribution in [3.63, 3.8) is 0 Å². The van der Waals surface area contributed by atoms with E-state index in [4.69, 9.17) is 4.74 Å². The van der Waals surface area contributed by atoms with Crippen molar-refractivity contribution in [2.45, 2.75) is 18.9 Å². The van der Waals surface area contributed by atoms with E-state index in [0.29, 0.717) is 11.8 Å². The van der Waals surface area contributed by atoms with E-state index in [1.165, 1.54) is 4.90 Å². The molecule has 27 heavy (non-hydrogen) atoms. The lowest BCUT2D eigenvalue weighted by atomic mass is 10.3. The fourth-order valence-electron chi connectivity index (χ4n) is 2.40. The van der Waals surface area contributed by atoms with Crippen LogP contribution in [0.2, 0.25) is 0 Å². The SMILES string of the molecule is CN(CC(=O)NC1CC1)C(=O)CNc1ccc(Oc2ccc(Br)cc2)cc1. The molecule has 2 aromatic rings. The molecule has 0 aromatic heterocycles. The monoisotopic (exact) mass is 431 g/mol. The smallest absolute Gasteiger partial charge is 0.242 e. The predicted octanol–water partition coefficient (Wildman–Crippen LogP) is 3.39. The van der Waals surface area contributed by atoms with E-state index in [2.05, 4.69) is 26.6 Å². The number of hydrogen-bond acceptors (Lipinski definition) is 4. The molecule has 1 aliphatic carbocycles. The summed E-state index contributed by atoms with van der Waals surface area (Å²) < 4.78 is 6.76. The first-order valence-electron chi connectivity index (χ1n) is 8.80. The van der Waals surface area contributed by atoms with Gasteiger partial charge in [0.1, 0.15) is 11.5 Å². The molecule has 1 aliphatic rings. The average molecular weight is 432 g/mol. The number of nitrogens with zero attached hydrogens (tertiary/aromatic N) is 1. The second-order valence-electron chi connectivity index (χ2n) is 6.53. The summed E-state index contributed by atoms with van der Waals surface area (Å²) in [6, 6.07) is 15.3. The van der Waals surface area contributed by atoms with E-state index < -0.39 is 0 Å². The van der Waals surface area contributed by atoms with E-state index in [0.717, 1.165) is 28.8 Å². The summed E-state index contributed by atoms with van der Waals surface area (Å²) >= 11 is 3.39. The Kier molecular flexibility index (Phi) is 6.34. The molecular formula is C20H22BrN3O3. The van der Waals surface area contributed by atoms with Gasteiger partial charge in [-0.25, -0.2) is 0 Å². The minimum atomic E-state index is -0.142. The van der Waals surface area contributed by atoms with Crippen molar-refractivity contribution in [1.29, 1.82) is 0 Å². The summed E-state index contributed by atoms with van der Waals surface area (Å²) in [6.07, 6.45) is 2.07. The standard InChI is InChI=1S/C20H22BrN3O3/c1-24(13-19(25)23-16-4-5-16)20(26)12-22-15-6-10-18(11-7-15)27-17-8-2-14(21)3-9-17/h2-3,6-11,16,22H,4-5,12-13H2,1H3,(H,23,25). The molecule has 2 aromatic carbocycles. The van der Waals surface area contributed by atoms with Crippen LogP contribution in [0.15, 0.2) is 53.0 Å². The summed E-state index contributed by atoms with van der Waals surface area (Å²) in [6.45, 7) is 0.205. The van der Waals surface area contributed by atoms with Crippen molar-refractivity contribution < 1.29 is 14.3 Å². The number of hydrogen-bond donors (Lipinski definition) is 2.